The first kappa shape index (κ1) is 14.4. The summed E-state index contributed by atoms with van der Waals surface area (Å²) >= 11 is 0. The highest BCUT2D eigenvalue weighted by Gasteiger charge is 2.08. The predicted octanol–water partition coefficient (Wildman–Crippen LogP) is 3.59. The van der Waals surface area contributed by atoms with E-state index in [2.05, 4.69) is 0 Å². The first-order valence-corrected chi connectivity index (χ1v) is 6.88. The molecular weight excluding hydrogens is 252 g/mol. The molecule has 0 radical (unpaired) electrons. The van der Waals surface area contributed by atoms with Crippen molar-refractivity contribution >= 4 is 0 Å². The SMILES string of the molecule is CCOc1cccc(C(O)CCOc2ccccc2)c1. The second kappa shape index (κ2) is 7.56. The zero-order valence-corrected chi connectivity index (χ0v) is 11.7. The molecule has 0 aliphatic carbocycles. The van der Waals surface area contributed by atoms with Crippen LogP contribution in [0.1, 0.15) is 25.0 Å². The minimum atomic E-state index is -0.542. The molecule has 2 aromatic carbocycles. The highest BCUT2D eigenvalue weighted by atomic mass is 16.5. The maximum atomic E-state index is 10.2. The highest BCUT2D eigenvalue weighted by Crippen LogP contribution is 2.22. The number of benzene rings is 2. The molecule has 0 aliphatic heterocycles. The van der Waals surface area contributed by atoms with E-state index < -0.39 is 6.10 Å². The van der Waals surface area contributed by atoms with Crippen LogP contribution >= 0.6 is 0 Å². The topological polar surface area (TPSA) is 38.7 Å². The summed E-state index contributed by atoms with van der Waals surface area (Å²) < 4.78 is 11.0. The molecule has 20 heavy (non-hydrogen) atoms. The van der Waals surface area contributed by atoms with Crippen LogP contribution in [-0.2, 0) is 0 Å². The molecule has 106 valence electrons. The molecule has 3 nitrogen and oxygen atoms in total. The van der Waals surface area contributed by atoms with Gasteiger partial charge >= 0.3 is 0 Å². The van der Waals surface area contributed by atoms with E-state index in [0.717, 1.165) is 17.1 Å². The molecule has 0 aromatic heterocycles. The molecule has 1 atom stereocenters. The van der Waals surface area contributed by atoms with Crippen LogP contribution in [0.15, 0.2) is 54.6 Å². The smallest absolute Gasteiger partial charge is 0.119 e. The third kappa shape index (κ3) is 4.28. The van der Waals surface area contributed by atoms with Gasteiger partial charge in [-0.3, -0.25) is 0 Å². The van der Waals surface area contributed by atoms with Gasteiger partial charge in [-0.15, -0.1) is 0 Å². The summed E-state index contributed by atoms with van der Waals surface area (Å²) in [6.45, 7) is 3.04. The Hall–Kier alpha value is -2.00. The van der Waals surface area contributed by atoms with E-state index in [1.165, 1.54) is 0 Å². The van der Waals surface area contributed by atoms with E-state index in [0.29, 0.717) is 19.6 Å². The quantitative estimate of drug-likeness (QED) is 0.837. The fourth-order valence-corrected chi connectivity index (χ4v) is 1.95. The molecule has 1 N–H and O–H groups in total. The van der Waals surface area contributed by atoms with Crippen molar-refractivity contribution < 1.29 is 14.6 Å². The van der Waals surface area contributed by atoms with E-state index >= 15 is 0 Å². The average Bonchev–Trinajstić information content (AvgIpc) is 2.49. The van der Waals surface area contributed by atoms with Crippen LogP contribution in [0.5, 0.6) is 11.5 Å². The Bertz CT molecular complexity index is 511. The van der Waals surface area contributed by atoms with Gasteiger partial charge in [0, 0.05) is 6.42 Å². The molecular formula is C17H20O3. The molecule has 0 fully saturated rings. The first-order valence-electron chi connectivity index (χ1n) is 6.88. The van der Waals surface area contributed by atoms with Gasteiger partial charge in [-0.25, -0.2) is 0 Å². The molecule has 2 rings (SSSR count). The zero-order valence-electron chi connectivity index (χ0n) is 11.7. The monoisotopic (exact) mass is 272 g/mol. The number of ether oxygens (including phenoxy) is 2. The summed E-state index contributed by atoms with van der Waals surface area (Å²) in [5.74, 6) is 1.61. The Morgan fingerprint density at radius 3 is 2.45 bits per heavy atom. The number of aliphatic hydroxyl groups is 1. The van der Waals surface area contributed by atoms with Crippen LogP contribution in [-0.4, -0.2) is 18.3 Å². The van der Waals surface area contributed by atoms with Crippen molar-refractivity contribution in [2.75, 3.05) is 13.2 Å². The maximum Gasteiger partial charge on any atom is 0.119 e. The van der Waals surface area contributed by atoms with Gasteiger partial charge in [0.15, 0.2) is 0 Å². The van der Waals surface area contributed by atoms with Crippen LogP contribution in [0.3, 0.4) is 0 Å². The van der Waals surface area contributed by atoms with Crippen LogP contribution in [0.2, 0.25) is 0 Å². The van der Waals surface area contributed by atoms with E-state index in [9.17, 15) is 5.11 Å². The molecule has 1 unspecified atom stereocenters. The summed E-state index contributed by atoms with van der Waals surface area (Å²) in [6.07, 6.45) is 0.00362. The van der Waals surface area contributed by atoms with Crippen molar-refractivity contribution in [2.45, 2.75) is 19.4 Å². The van der Waals surface area contributed by atoms with Gasteiger partial charge in [0.1, 0.15) is 11.5 Å². The molecule has 0 amide bonds. The number of para-hydroxylation sites is 1. The lowest BCUT2D eigenvalue weighted by Crippen LogP contribution is -2.05. The zero-order chi connectivity index (χ0) is 14.2. The summed E-state index contributed by atoms with van der Waals surface area (Å²) in [6, 6.07) is 17.2. The Morgan fingerprint density at radius 1 is 0.950 bits per heavy atom. The summed E-state index contributed by atoms with van der Waals surface area (Å²) in [4.78, 5) is 0. The third-order valence-corrected chi connectivity index (χ3v) is 2.96. The molecule has 0 aliphatic rings. The molecule has 2 aromatic rings. The van der Waals surface area contributed by atoms with Gasteiger partial charge in [-0.05, 0) is 36.8 Å². The van der Waals surface area contributed by atoms with Gasteiger partial charge in [0.05, 0.1) is 19.3 Å². The fourth-order valence-electron chi connectivity index (χ4n) is 1.95. The van der Waals surface area contributed by atoms with Crippen LogP contribution in [0.4, 0.5) is 0 Å². The van der Waals surface area contributed by atoms with Crippen molar-refractivity contribution in [3.63, 3.8) is 0 Å². The van der Waals surface area contributed by atoms with Crippen LogP contribution in [0.25, 0.3) is 0 Å². The standard InChI is InChI=1S/C17H20O3/c1-2-19-16-10-6-7-14(13-16)17(18)11-12-20-15-8-4-3-5-9-15/h3-10,13,17-18H,2,11-12H2,1H3. The Kier molecular flexibility index (Phi) is 5.44. The molecule has 0 bridgehead atoms. The summed E-state index contributed by atoms with van der Waals surface area (Å²) in [5.41, 5.74) is 0.854. The van der Waals surface area contributed by atoms with Crippen molar-refractivity contribution in [2.24, 2.45) is 0 Å². The summed E-state index contributed by atoms with van der Waals surface area (Å²) in [7, 11) is 0. The number of aliphatic hydroxyl groups excluding tert-OH is 1. The summed E-state index contributed by atoms with van der Waals surface area (Å²) in [5, 5.41) is 10.2. The first-order chi connectivity index (χ1) is 9.79. The van der Waals surface area contributed by atoms with Crippen molar-refractivity contribution in [3.8, 4) is 11.5 Å². The van der Waals surface area contributed by atoms with Crippen LogP contribution in [0, 0.1) is 0 Å². The van der Waals surface area contributed by atoms with Crippen molar-refractivity contribution in [3.05, 3.63) is 60.2 Å². The Labute approximate surface area is 119 Å². The number of hydrogen-bond donors (Lipinski definition) is 1. The minimum Gasteiger partial charge on any atom is -0.494 e. The molecule has 3 heteroatoms. The maximum absolute atomic E-state index is 10.2. The lowest BCUT2D eigenvalue weighted by molar-refractivity contribution is 0.140. The fraction of sp³-hybridized carbons (Fsp3) is 0.294. The average molecular weight is 272 g/mol. The van der Waals surface area contributed by atoms with E-state index in [1.807, 2.05) is 61.5 Å². The molecule has 0 saturated heterocycles. The van der Waals surface area contributed by atoms with Crippen LogP contribution < -0.4 is 9.47 Å². The van der Waals surface area contributed by atoms with E-state index in [-0.39, 0.29) is 0 Å². The third-order valence-electron chi connectivity index (χ3n) is 2.96. The Balaban J connectivity index is 1.85. The van der Waals surface area contributed by atoms with E-state index in [1.54, 1.807) is 0 Å². The molecule has 0 spiro atoms. The molecule has 0 saturated carbocycles. The lowest BCUT2D eigenvalue weighted by atomic mass is 10.1. The van der Waals surface area contributed by atoms with Gasteiger partial charge < -0.3 is 14.6 Å². The highest BCUT2D eigenvalue weighted by molar-refractivity contribution is 5.30. The van der Waals surface area contributed by atoms with Gasteiger partial charge in [0.2, 0.25) is 0 Å². The second-order valence-electron chi connectivity index (χ2n) is 4.47. The van der Waals surface area contributed by atoms with Crippen molar-refractivity contribution in [1.29, 1.82) is 0 Å². The number of rotatable bonds is 7. The van der Waals surface area contributed by atoms with E-state index in [4.69, 9.17) is 9.47 Å². The van der Waals surface area contributed by atoms with Crippen molar-refractivity contribution in [1.82, 2.24) is 0 Å². The molecule has 0 heterocycles. The predicted molar refractivity (Wildman–Crippen MR) is 79.1 cm³/mol. The minimum absolute atomic E-state index is 0.476. The lowest BCUT2D eigenvalue weighted by Gasteiger charge is -2.13. The van der Waals surface area contributed by atoms with Gasteiger partial charge in [-0.2, -0.15) is 0 Å². The number of hydrogen-bond acceptors (Lipinski definition) is 3. The largest absolute Gasteiger partial charge is 0.494 e. The van der Waals surface area contributed by atoms with Gasteiger partial charge in [0.25, 0.3) is 0 Å². The second-order valence-corrected chi connectivity index (χ2v) is 4.47. The Morgan fingerprint density at radius 2 is 1.70 bits per heavy atom. The van der Waals surface area contributed by atoms with Gasteiger partial charge in [-0.1, -0.05) is 30.3 Å². The normalized spacial score (nSPS) is 11.9.